The van der Waals surface area contributed by atoms with Gasteiger partial charge < -0.3 is 4.90 Å². The molecule has 3 aromatic heterocycles. The van der Waals surface area contributed by atoms with Crippen LogP contribution in [-0.2, 0) is 6.54 Å². The lowest BCUT2D eigenvalue weighted by molar-refractivity contribution is 0.892. The van der Waals surface area contributed by atoms with Crippen LogP contribution in [0.5, 0.6) is 0 Å². The van der Waals surface area contributed by atoms with Crippen LogP contribution in [0, 0.1) is 0 Å². The Morgan fingerprint density at radius 2 is 1.67 bits per heavy atom. The van der Waals surface area contributed by atoms with Gasteiger partial charge in [-0.05, 0) is 29.8 Å². The first kappa shape index (κ1) is 16.8. The van der Waals surface area contributed by atoms with Gasteiger partial charge in [-0.2, -0.15) is 0 Å². The molecule has 4 rings (SSSR count). The van der Waals surface area contributed by atoms with Gasteiger partial charge in [-0.15, -0.1) is 0 Å². The van der Waals surface area contributed by atoms with E-state index >= 15 is 0 Å². The van der Waals surface area contributed by atoms with Gasteiger partial charge in [-0.1, -0.05) is 36.4 Å². The molecule has 27 heavy (non-hydrogen) atoms. The third-order valence-corrected chi connectivity index (χ3v) is 4.22. The maximum atomic E-state index is 4.76. The number of aromatic nitrogens is 4. The molecule has 0 amide bonds. The average molecular weight is 353 g/mol. The first-order valence-corrected chi connectivity index (χ1v) is 8.75. The van der Waals surface area contributed by atoms with E-state index in [-0.39, 0.29) is 0 Å². The fourth-order valence-electron chi connectivity index (χ4n) is 2.84. The van der Waals surface area contributed by atoms with Gasteiger partial charge in [0.15, 0.2) is 5.82 Å². The van der Waals surface area contributed by atoms with Crippen molar-refractivity contribution in [3.8, 4) is 22.8 Å². The highest BCUT2D eigenvalue weighted by Crippen LogP contribution is 2.25. The number of hydrogen-bond donors (Lipinski definition) is 0. The van der Waals surface area contributed by atoms with Crippen molar-refractivity contribution in [1.82, 2.24) is 19.9 Å². The fourth-order valence-corrected chi connectivity index (χ4v) is 2.84. The minimum Gasteiger partial charge on any atom is -0.355 e. The lowest BCUT2D eigenvalue weighted by Crippen LogP contribution is -2.18. The second-order valence-corrected chi connectivity index (χ2v) is 6.23. The van der Waals surface area contributed by atoms with E-state index in [4.69, 9.17) is 9.97 Å². The monoisotopic (exact) mass is 353 g/mol. The average Bonchev–Trinajstić information content (AvgIpc) is 2.75. The van der Waals surface area contributed by atoms with Crippen molar-refractivity contribution in [3.63, 3.8) is 0 Å². The Kier molecular flexibility index (Phi) is 4.83. The molecule has 0 aliphatic carbocycles. The summed E-state index contributed by atoms with van der Waals surface area (Å²) in [6, 6.07) is 22.0. The van der Waals surface area contributed by atoms with Gasteiger partial charge >= 0.3 is 0 Å². The molecule has 0 spiro atoms. The van der Waals surface area contributed by atoms with Crippen LogP contribution >= 0.6 is 0 Å². The minimum absolute atomic E-state index is 0.604. The van der Waals surface area contributed by atoms with E-state index in [9.17, 15) is 0 Å². The summed E-state index contributed by atoms with van der Waals surface area (Å²) in [5.41, 5.74) is 3.75. The number of pyridine rings is 2. The largest absolute Gasteiger partial charge is 0.355 e. The minimum atomic E-state index is 0.604. The third-order valence-electron chi connectivity index (χ3n) is 4.22. The van der Waals surface area contributed by atoms with E-state index < -0.39 is 0 Å². The Hall–Kier alpha value is -3.60. The highest BCUT2D eigenvalue weighted by atomic mass is 15.2. The van der Waals surface area contributed by atoms with Gasteiger partial charge in [0.25, 0.3) is 0 Å². The van der Waals surface area contributed by atoms with E-state index in [0.29, 0.717) is 5.82 Å². The first-order chi connectivity index (χ1) is 13.3. The van der Waals surface area contributed by atoms with Crippen molar-refractivity contribution in [2.45, 2.75) is 6.54 Å². The summed E-state index contributed by atoms with van der Waals surface area (Å²) < 4.78 is 0. The molecule has 0 N–H and O–H groups in total. The van der Waals surface area contributed by atoms with Gasteiger partial charge in [-0.3, -0.25) is 9.97 Å². The second kappa shape index (κ2) is 7.74. The zero-order valence-electron chi connectivity index (χ0n) is 15.0. The molecule has 0 aliphatic heterocycles. The van der Waals surface area contributed by atoms with Crippen LogP contribution in [0.2, 0.25) is 0 Å². The van der Waals surface area contributed by atoms with Crippen molar-refractivity contribution >= 4 is 5.82 Å². The molecular formula is C22H19N5. The Labute approximate surface area is 158 Å². The van der Waals surface area contributed by atoms with Crippen molar-refractivity contribution in [1.29, 1.82) is 0 Å². The number of rotatable bonds is 5. The summed E-state index contributed by atoms with van der Waals surface area (Å²) in [5, 5.41) is 0. The molecule has 3 heterocycles. The van der Waals surface area contributed by atoms with E-state index in [1.54, 1.807) is 12.4 Å². The Morgan fingerprint density at radius 3 is 2.41 bits per heavy atom. The van der Waals surface area contributed by atoms with Crippen molar-refractivity contribution in [2.75, 3.05) is 11.9 Å². The van der Waals surface area contributed by atoms with Crippen LogP contribution in [0.4, 0.5) is 5.82 Å². The quantitative estimate of drug-likeness (QED) is 0.537. The summed E-state index contributed by atoms with van der Waals surface area (Å²) in [4.78, 5) is 20.2. The van der Waals surface area contributed by atoms with Crippen molar-refractivity contribution in [2.24, 2.45) is 0 Å². The van der Waals surface area contributed by atoms with Crippen LogP contribution in [-0.4, -0.2) is 27.0 Å². The molecule has 0 saturated carbocycles. The molecule has 0 bridgehead atoms. The van der Waals surface area contributed by atoms with Crippen LogP contribution in [0.25, 0.3) is 22.8 Å². The Balaban J connectivity index is 1.76. The molecule has 132 valence electrons. The number of hydrogen-bond acceptors (Lipinski definition) is 5. The van der Waals surface area contributed by atoms with Gasteiger partial charge in [0, 0.05) is 43.8 Å². The SMILES string of the molecule is CN(Cc1ccccc1)c1cc(-c2cccnc2)nc(-c2ccccn2)n1. The highest BCUT2D eigenvalue weighted by molar-refractivity contribution is 5.66. The standard InChI is InChI=1S/C22H19N5/c1-27(16-17-8-3-2-4-9-17)21-14-20(18-10-7-12-23-15-18)25-22(26-21)19-11-5-6-13-24-19/h2-15H,16H2,1H3. The maximum Gasteiger partial charge on any atom is 0.180 e. The predicted octanol–water partition coefficient (Wildman–Crippen LogP) is 4.24. The van der Waals surface area contributed by atoms with E-state index in [2.05, 4.69) is 27.0 Å². The van der Waals surface area contributed by atoms with E-state index in [1.165, 1.54) is 5.56 Å². The van der Waals surface area contributed by atoms with Crippen LogP contribution in [0.15, 0.2) is 85.3 Å². The van der Waals surface area contributed by atoms with Crippen LogP contribution in [0.1, 0.15) is 5.56 Å². The molecule has 1 aromatic carbocycles. The molecule has 0 unspecified atom stereocenters. The Morgan fingerprint density at radius 1 is 0.815 bits per heavy atom. The summed E-state index contributed by atoms with van der Waals surface area (Å²) >= 11 is 0. The van der Waals surface area contributed by atoms with Gasteiger partial charge in [-0.25, -0.2) is 9.97 Å². The summed E-state index contributed by atoms with van der Waals surface area (Å²) in [5.74, 6) is 1.44. The van der Waals surface area contributed by atoms with E-state index in [1.807, 2.05) is 67.8 Å². The summed E-state index contributed by atoms with van der Waals surface area (Å²) in [6.45, 7) is 0.756. The summed E-state index contributed by atoms with van der Waals surface area (Å²) in [6.07, 6.45) is 5.32. The smallest absolute Gasteiger partial charge is 0.180 e. The van der Waals surface area contributed by atoms with Crippen molar-refractivity contribution < 1.29 is 0 Å². The zero-order valence-corrected chi connectivity index (χ0v) is 15.0. The van der Waals surface area contributed by atoms with Gasteiger partial charge in [0.2, 0.25) is 0 Å². The van der Waals surface area contributed by atoms with Gasteiger partial charge in [0.05, 0.1) is 5.69 Å². The first-order valence-electron chi connectivity index (χ1n) is 8.75. The lowest BCUT2D eigenvalue weighted by Gasteiger charge is -2.19. The molecule has 4 aromatic rings. The molecule has 0 aliphatic rings. The molecule has 0 atom stereocenters. The topological polar surface area (TPSA) is 54.8 Å². The van der Waals surface area contributed by atoms with Gasteiger partial charge in [0.1, 0.15) is 11.5 Å². The van der Waals surface area contributed by atoms with Crippen LogP contribution in [0.3, 0.4) is 0 Å². The number of benzene rings is 1. The molecule has 0 saturated heterocycles. The van der Waals surface area contributed by atoms with Crippen LogP contribution < -0.4 is 4.90 Å². The molecular weight excluding hydrogens is 334 g/mol. The Bertz CT molecular complexity index is 947. The zero-order chi connectivity index (χ0) is 18.5. The summed E-state index contributed by atoms with van der Waals surface area (Å²) in [7, 11) is 2.03. The van der Waals surface area contributed by atoms with E-state index in [0.717, 1.165) is 29.3 Å². The third kappa shape index (κ3) is 3.98. The highest BCUT2D eigenvalue weighted by Gasteiger charge is 2.12. The number of nitrogens with zero attached hydrogens (tertiary/aromatic N) is 5. The molecule has 5 nitrogen and oxygen atoms in total. The molecule has 5 heteroatoms. The normalized spacial score (nSPS) is 10.6. The molecule has 0 fully saturated rings. The van der Waals surface area contributed by atoms with Crippen molar-refractivity contribution in [3.05, 3.63) is 90.9 Å². The number of anilines is 1. The fraction of sp³-hybridized carbons (Fsp3) is 0.0909. The predicted molar refractivity (Wildman–Crippen MR) is 107 cm³/mol. The lowest BCUT2D eigenvalue weighted by atomic mass is 10.2. The maximum absolute atomic E-state index is 4.76. The molecule has 0 radical (unpaired) electrons. The second-order valence-electron chi connectivity index (χ2n) is 6.23.